The molecule has 0 spiro atoms. The molecule has 0 aliphatic heterocycles. The normalized spacial score (nSPS) is 13.5. The third kappa shape index (κ3) is 2.19. The maximum atomic E-state index is 5.88. The zero-order valence-electron chi connectivity index (χ0n) is 8.54. The van der Waals surface area contributed by atoms with Crippen LogP contribution in [-0.4, -0.2) is 0 Å². The molecule has 1 aromatic carbocycles. The van der Waals surface area contributed by atoms with E-state index in [0.29, 0.717) is 0 Å². The molecule has 13 heavy (non-hydrogen) atoms. The topological polar surface area (TPSA) is 26.0 Å². The summed E-state index contributed by atoms with van der Waals surface area (Å²) in [6, 6.07) is 6.36. The van der Waals surface area contributed by atoms with Gasteiger partial charge in [-0.05, 0) is 37.5 Å². The van der Waals surface area contributed by atoms with Crippen molar-refractivity contribution in [2.75, 3.05) is 0 Å². The minimum Gasteiger partial charge on any atom is -0.324 e. The van der Waals surface area contributed by atoms with Crippen LogP contribution in [0.1, 0.15) is 36.6 Å². The molecular formula is C12H17N. The summed E-state index contributed by atoms with van der Waals surface area (Å²) in [6.45, 7) is 6.15. The molecule has 1 aromatic rings. The number of allylic oxidation sites excluding steroid dienone is 1. The van der Waals surface area contributed by atoms with Crippen molar-refractivity contribution < 1.29 is 0 Å². The van der Waals surface area contributed by atoms with Gasteiger partial charge in [-0.25, -0.2) is 0 Å². The van der Waals surface area contributed by atoms with Crippen molar-refractivity contribution in [3.8, 4) is 0 Å². The van der Waals surface area contributed by atoms with Crippen molar-refractivity contribution in [1.82, 2.24) is 0 Å². The first-order valence-electron chi connectivity index (χ1n) is 4.64. The van der Waals surface area contributed by atoms with E-state index >= 15 is 0 Å². The number of benzene rings is 1. The Morgan fingerprint density at radius 1 is 1.38 bits per heavy atom. The van der Waals surface area contributed by atoms with E-state index in [0.717, 1.165) is 0 Å². The predicted molar refractivity (Wildman–Crippen MR) is 58.5 cm³/mol. The third-order valence-corrected chi connectivity index (χ3v) is 2.18. The maximum absolute atomic E-state index is 5.88. The highest BCUT2D eigenvalue weighted by Gasteiger charge is 2.05. The van der Waals surface area contributed by atoms with Crippen LogP contribution in [0, 0.1) is 6.92 Å². The van der Waals surface area contributed by atoms with Gasteiger partial charge >= 0.3 is 0 Å². The fourth-order valence-electron chi connectivity index (χ4n) is 1.49. The highest BCUT2D eigenvalue weighted by molar-refractivity contribution is 5.58. The number of rotatable bonds is 2. The quantitative estimate of drug-likeness (QED) is 0.734. The second-order valence-corrected chi connectivity index (χ2v) is 3.37. The lowest BCUT2D eigenvalue weighted by atomic mass is 9.97. The van der Waals surface area contributed by atoms with E-state index in [-0.39, 0.29) is 6.04 Å². The Kier molecular flexibility index (Phi) is 3.26. The Labute approximate surface area is 80.3 Å². The largest absolute Gasteiger partial charge is 0.324 e. The van der Waals surface area contributed by atoms with Gasteiger partial charge in [0.15, 0.2) is 0 Å². The van der Waals surface area contributed by atoms with E-state index in [2.05, 4.69) is 31.2 Å². The van der Waals surface area contributed by atoms with Crippen LogP contribution in [-0.2, 0) is 0 Å². The molecule has 0 radical (unpaired) electrons. The lowest BCUT2D eigenvalue weighted by Crippen LogP contribution is -2.07. The summed E-state index contributed by atoms with van der Waals surface area (Å²) < 4.78 is 0. The molecule has 0 aromatic heterocycles. The van der Waals surface area contributed by atoms with Crippen LogP contribution in [0.15, 0.2) is 24.3 Å². The minimum atomic E-state index is 0.103. The smallest absolute Gasteiger partial charge is 0.0272 e. The molecule has 1 heteroatoms. The molecule has 0 fully saturated rings. The summed E-state index contributed by atoms with van der Waals surface area (Å²) in [5, 5.41) is 0. The van der Waals surface area contributed by atoms with Gasteiger partial charge < -0.3 is 5.73 Å². The van der Waals surface area contributed by atoms with Crippen LogP contribution in [0.3, 0.4) is 0 Å². The van der Waals surface area contributed by atoms with Gasteiger partial charge in [0.2, 0.25) is 0 Å². The zero-order valence-corrected chi connectivity index (χ0v) is 8.54. The molecule has 0 saturated heterocycles. The van der Waals surface area contributed by atoms with E-state index in [1.165, 1.54) is 16.7 Å². The molecule has 1 nitrogen and oxygen atoms in total. The lowest BCUT2D eigenvalue weighted by molar-refractivity contribution is 0.814. The second kappa shape index (κ2) is 4.24. The van der Waals surface area contributed by atoms with Gasteiger partial charge in [-0.1, -0.05) is 30.4 Å². The van der Waals surface area contributed by atoms with E-state index in [1.54, 1.807) is 0 Å². The van der Waals surface area contributed by atoms with Gasteiger partial charge in [0, 0.05) is 6.04 Å². The van der Waals surface area contributed by atoms with Gasteiger partial charge in [-0.15, -0.1) is 0 Å². The monoisotopic (exact) mass is 175 g/mol. The maximum Gasteiger partial charge on any atom is 0.0272 e. The van der Waals surface area contributed by atoms with Crippen molar-refractivity contribution in [3.63, 3.8) is 0 Å². The van der Waals surface area contributed by atoms with Crippen molar-refractivity contribution in [2.45, 2.75) is 26.8 Å². The Hall–Kier alpha value is -1.08. The zero-order chi connectivity index (χ0) is 9.84. The summed E-state index contributed by atoms with van der Waals surface area (Å²) in [4.78, 5) is 0. The fraction of sp³-hybridized carbons (Fsp3) is 0.333. The molecule has 2 N–H and O–H groups in total. The van der Waals surface area contributed by atoms with Gasteiger partial charge in [0.05, 0.1) is 0 Å². The van der Waals surface area contributed by atoms with Crippen molar-refractivity contribution in [2.24, 2.45) is 5.73 Å². The third-order valence-electron chi connectivity index (χ3n) is 2.18. The van der Waals surface area contributed by atoms with Crippen LogP contribution in [0.4, 0.5) is 0 Å². The summed E-state index contributed by atoms with van der Waals surface area (Å²) in [7, 11) is 0. The summed E-state index contributed by atoms with van der Waals surface area (Å²) in [5.74, 6) is 0. The Bertz CT molecular complexity index is 311. The van der Waals surface area contributed by atoms with Gasteiger partial charge in [-0.3, -0.25) is 0 Å². The highest BCUT2D eigenvalue weighted by Crippen LogP contribution is 2.20. The van der Waals surface area contributed by atoms with Crippen molar-refractivity contribution in [1.29, 1.82) is 0 Å². The molecule has 70 valence electrons. The molecule has 0 heterocycles. The van der Waals surface area contributed by atoms with Gasteiger partial charge in [-0.2, -0.15) is 0 Å². The minimum absolute atomic E-state index is 0.103. The molecule has 0 aliphatic carbocycles. The standard InChI is InChI=1S/C12H17N/c1-4-6-11-9(2)7-5-8-12(11)10(3)13/h4-8,10H,13H2,1-3H3/b6-4-/t10-/m1/s1. The second-order valence-electron chi connectivity index (χ2n) is 3.37. The Balaban J connectivity index is 3.25. The summed E-state index contributed by atoms with van der Waals surface area (Å²) >= 11 is 0. The number of hydrogen-bond donors (Lipinski definition) is 1. The van der Waals surface area contributed by atoms with Crippen LogP contribution in [0.5, 0.6) is 0 Å². The van der Waals surface area contributed by atoms with Crippen LogP contribution in [0.25, 0.3) is 6.08 Å². The first-order valence-corrected chi connectivity index (χ1v) is 4.64. The molecule has 0 aliphatic rings. The lowest BCUT2D eigenvalue weighted by Gasteiger charge is -2.11. The van der Waals surface area contributed by atoms with Crippen LogP contribution in [0.2, 0.25) is 0 Å². The van der Waals surface area contributed by atoms with Gasteiger partial charge in [0.1, 0.15) is 0 Å². The Morgan fingerprint density at radius 3 is 2.62 bits per heavy atom. The molecule has 1 atom stereocenters. The van der Waals surface area contributed by atoms with E-state index in [4.69, 9.17) is 5.73 Å². The summed E-state index contributed by atoms with van der Waals surface area (Å²) in [5.41, 5.74) is 9.65. The SMILES string of the molecule is C/C=C\c1c(C)cccc1[C@@H](C)N. The van der Waals surface area contributed by atoms with E-state index < -0.39 is 0 Å². The van der Waals surface area contributed by atoms with Crippen LogP contribution >= 0.6 is 0 Å². The van der Waals surface area contributed by atoms with Crippen LogP contribution < -0.4 is 5.73 Å². The van der Waals surface area contributed by atoms with E-state index in [9.17, 15) is 0 Å². The van der Waals surface area contributed by atoms with Gasteiger partial charge in [0.25, 0.3) is 0 Å². The molecular weight excluding hydrogens is 158 g/mol. The first-order chi connectivity index (χ1) is 6.16. The fourth-order valence-corrected chi connectivity index (χ4v) is 1.49. The van der Waals surface area contributed by atoms with Crippen molar-refractivity contribution >= 4 is 6.08 Å². The first kappa shape index (κ1) is 10.0. The van der Waals surface area contributed by atoms with Crippen molar-refractivity contribution in [3.05, 3.63) is 41.0 Å². The number of hydrogen-bond acceptors (Lipinski definition) is 1. The molecule has 0 saturated carbocycles. The summed E-state index contributed by atoms with van der Waals surface area (Å²) in [6.07, 6.45) is 4.17. The average Bonchev–Trinajstić information content (AvgIpc) is 2.08. The Morgan fingerprint density at radius 2 is 2.08 bits per heavy atom. The highest BCUT2D eigenvalue weighted by atomic mass is 14.6. The average molecular weight is 175 g/mol. The molecule has 1 rings (SSSR count). The number of nitrogens with two attached hydrogens (primary N) is 1. The number of aryl methyl sites for hydroxylation is 1. The molecule has 0 bridgehead atoms. The predicted octanol–water partition coefficient (Wildman–Crippen LogP) is 3.05. The van der Waals surface area contributed by atoms with E-state index in [1.807, 2.05) is 19.9 Å². The molecule has 0 unspecified atom stereocenters. The molecule has 0 amide bonds.